The molecule has 7 heteroatoms. The summed E-state index contributed by atoms with van der Waals surface area (Å²) < 4.78 is 2.38. The molecule has 0 spiro atoms. The molecule has 2 aromatic heterocycles. The first-order valence-electron chi connectivity index (χ1n) is 12.7. The van der Waals surface area contributed by atoms with Crippen molar-refractivity contribution in [2.24, 2.45) is 0 Å². The van der Waals surface area contributed by atoms with E-state index < -0.39 is 0 Å². The van der Waals surface area contributed by atoms with Crippen molar-refractivity contribution in [3.63, 3.8) is 0 Å². The monoisotopic (exact) mass is 455 g/mol. The molecule has 1 amide bonds. The van der Waals surface area contributed by atoms with Gasteiger partial charge in [-0.2, -0.15) is 0 Å². The SMILES string of the molecule is O=C(CSCc1nc2cccnc2n1C1CCCCC1)N1CCC(N2CCCCC2)CC1. The zero-order valence-electron chi connectivity index (χ0n) is 19.3. The summed E-state index contributed by atoms with van der Waals surface area (Å²) in [6, 6.07) is 5.22. The number of piperidine rings is 2. The van der Waals surface area contributed by atoms with E-state index in [1.807, 2.05) is 12.3 Å². The highest BCUT2D eigenvalue weighted by Gasteiger charge is 2.28. The number of imidazole rings is 1. The van der Waals surface area contributed by atoms with Crippen LogP contribution in [0.1, 0.15) is 76.1 Å². The molecule has 3 aliphatic rings. The fraction of sp³-hybridized carbons (Fsp3) is 0.720. The molecule has 0 aromatic carbocycles. The van der Waals surface area contributed by atoms with Crippen LogP contribution in [0.2, 0.25) is 0 Å². The third-order valence-corrected chi connectivity index (χ3v) is 8.56. The second kappa shape index (κ2) is 10.6. The Bertz CT molecular complexity index is 895. The molecule has 0 radical (unpaired) electrons. The highest BCUT2D eigenvalue weighted by atomic mass is 32.2. The Morgan fingerprint density at radius 2 is 1.69 bits per heavy atom. The van der Waals surface area contributed by atoms with E-state index in [1.54, 1.807) is 11.8 Å². The van der Waals surface area contributed by atoms with E-state index in [2.05, 4.69) is 25.4 Å². The molecule has 32 heavy (non-hydrogen) atoms. The van der Waals surface area contributed by atoms with Gasteiger partial charge in [-0.1, -0.05) is 25.7 Å². The molecule has 0 bridgehead atoms. The van der Waals surface area contributed by atoms with Crippen LogP contribution in [-0.2, 0) is 10.5 Å². The minimum Gasteiger partial charge on any atom is -0.342 e. The molecule has 0 N–H and O–H groups in total. The Balaban J connectivity index is 1.16. The predicted molar refractivity (Wildman–Crippen MR) is 131 cm³/mol. The van der Waals surface area contributed by atoms with Gasteiger partial charge in [-0.05, 0) is 63.7 Å². The normalized spacial score (nSPS) is 21.9. The van der Waals surface area contributed by atoms with Crippen LogP contribution in [0.3, 0.4) is 0 Å². The van der Waals surface area contributed by atoms with Gasteiger partial charge in [0.1, 0.15) is 11.3 Å². The van der Waals surface area contributed by atoms with Crippen LogP contribution in [0.15, 0.2) is 18.3 Å². The summed E-state index contributed by atoms with van der Waals surface area (Å²) in [4.78, 5) is 27.2. The first-order chi connectivity index (χ1) is 15.8. The Hall–Kier alpha value is -1.60. The quantitative estimate of drug-likeness (QED) is 0.635. The largest absolute Gasteiger partial charge is 0.342 e. The second-order valence-corrected chi connectivity index (χ2v) is 10.7. The topological polar surface area (TPSA) is 54.3 Å². The van der Waals surface area contributed by atoms with E-state index in [-0.39, 0.29) is 0 Å². The van der Waals surface area contributed by atoms with Gasteiger partial charge in [0.05, 0.1) is 11.5 Å². The molecule has 4 heterocycles. The summed E-state index contributed by atoms with van der Waals surface area (Å²) >= 11 is 1.72. The Morgan fingerprint density at radius 1 is 0.938 bits per heavy atom. The number of aromatic nitrogens is 3. The fourth-order valence-corrected chi connectivity index (χ4v) is 6.73. The van der Waals surface area contributed by atoms with Crippen molar-refractivity contribution >= 4 is 28.8 Å². The van der Waals surface area contributed by atoms with Crippen LogP contribution in [0.25, 0.3) is 11.2 Å². The standard InChI is InChI=1S/C25H37N5OS/c31-24(29-16-11-20(12-17-29)28-14-5-2-6-15-28)19-32-18-23-27-22-10-7-13-26-25(22)30(23)21-8-3-1-4-9-21/h7,10,13,20-21H,1-6,8-9,11-12,14-19H2. The maximum Gasteiger partial charge on any atom is 0.232 e. The zero-order chi connectivity index (χ0) is 21.8. The molecule has 1 aliphatic carbocycles. The smallest absolute Gasteiger partial charge is 0.232 e. The van der Waals surface area contributed by atoms with Gasteiger partial charge in [-0.25, -0.2) is 9.97 Å². The van der Waals surface area contributed by atoms with Crippen LogP contribution < -0.4 is 0 Å². The van der Waals surface area contributed by atoms with Crippen molar-refractivity contribution in [1.82, 2.24) is 24.3 Å². The Kier molecular flexibility index (Phi) is 7.32. The zero-order valence-corrected chi connectivity index (χ0v) is 20.1. The average molecular weight is 456 g/mol. The molecule has 1 saturated carbocycles. The third-order valence-electron chi connectivity index (χ3n) is 7.64. The molecule has 3 fully saturated rings. The lowest BCUT2D eigenvalue weighted by Gasteiger charge is -2.40. The summed E-state index contributed by atoms with van der Waals surface area (Å²) in [7, 11) is 0. The average Bonchev–Trinajstić information content (AvgIpc) is 3.23. The number of fused-ring (bicyclic) bond motifs is 1. The van der Waals surface area contributed by atoms with Gasteiger partial charge in [0.25, 0.3) is 0 Å². The number of pyridine rings is 1. The van der Waals surface area contributed by atoms with Crippen LogP contribution >= 0.6 is 11.8 Å². The molecule has 174 valence electrons. The highest BCUT2D eigenvalue weighted by Crippen LogP contribution is 2.33. The van der Waals surface area contributed by atoms with E-state index in [4.69, 9.17) is 4.98 Å². The van der Waals surface area contributed by atoms with Gasteiger partial charge in [0.15, 0.2) is 5.65 Å². The van der Waals surface area contributed by atoms with Crippen molar-refractivity contribution in [2.75, 3.05) is 31.9 Å². The van der Waals surface area contributed by atoms with E-state index >= 15 is 0 Å². The van der Waals surface area contributed by atoms with Crippen molar-refractivity contribution in [3.8, 4) is 0 Å². The summed E-state index contributed by atoms with van der Waals surface area (Å²) in [6.45, 7) is 4.35. The van der Waals surface area contributed by atoms with Crippen LogP contribution in [-0.4, -0.2) is 68.2 Å². The number of nitrogens with zero attached hydrogens (tertiary/aromatic N) is 5. The Morgan fingerprint density at radius 3 is 2.47 bits per heavy atom. The number of thioether (sulfide) groups is 1. The van der Waals surface area contributed by atoms with E-state index in [1.165, 1.54) is 64.5 Å². The minimum atomic E-state index is 0.297. The molecule has 6 nitrogen and oxygen atoms in total. The van der Waals surface area contributed by atoms with Crippen molar-refractivity contribution < 1.29 is 4.79 Å². The number of hydrogen-bond acceptors (Lipinski definition) is 5. The first kappa shape index (κ1) is 22.2. The van der Waals surface area contributed by atoms with E-state index in [0.29, 0.717) is 23.7 Å². The maximum atomic E-state index is 12.9. The van der Waals surface area contributed by atoms with Crippen molar-refractivity contribution in [2.45, 2.75) is 82.0 Å². The predicted octanol–water partition coefficient (Wildman–Crippen LogP) is 4.65. The van der Waals surface area contributed by atoms with Crippen molar-refractivity contribution in [3.05, 3.63) is 24.2 Å². The lowest BCUT2D eigenvalue weighted by atomic mass is 9.95. The molecular weight excluding hydrogens is 418 g/mol. The minimum absolute atomic E-state index is 0.297. The summed E-state index contributed by atoms with van der Waals surface area (Å²) in [6.07, 6.45) is 14.6. The molecule has 2 aromatic rings. The number of amides is 1. The van der Waals surface area contributed by atoms with Gasteiger partial charge in [-0.3, -0.25) is 4.79 Å². The van der Waals surface area contributed by atoms with Crippen LogP contribution in [0.5, 0.6) is 0 Å². The van der Waals surface area contributed by atoms with Crippen molar-refractivity contribution in [1.29, 1.82) is 0 Å². The highest BCUT2D eigenvalue weighted by molar-refractivity contribution is 7.99. The third kappa shape index (κ3) is 4.98. The van der Waals surface area contributed by atoms with E-state index in [9.17, 15) is 4.79 Å². The lowest BCUT2D eigenvalue weighted by molar-refractivity contribution is -0.129. The summed E-state index contributed by atoms with van der Waals surface area (Å²) in [5.41, 5.74) is 2.00. The molecule has 0 unspecified atom stereocenters. The lowest BCUT2D eigenvalue weighted by Crippen LogP contribution is -2.48. The number of carbonyl (C=O) groups is 1. The van der Waals surface area contributed by atoms with E-state index in [0.717, 1.165) is 48.7 Å². The molecule has 5 rings (SSSR count). The van der Waals surface area contributed by atoms with Crippen LogP contribution in [0.4, 0.5) is 0 Å². The molecule has 0 atom stereocenters. The number of hydrogen-bond donors (Lipinski definition) is 0. The van der Waals surface area contributed by atoms with Crippen LogP contribution in [0, 0.1) is 0 Å². The summed E-state index contributed by atoms with van der Waals surface area (Å²) in [5.74, 6) is 2.72. The number of likely N-dealkylation sites (tertiary alicyclic amines) is 2. The van der Waals surface area contributed by atoms with Gasteiger partial charge in [0, 0.05) is 31.4 Å². The number of carbonyl (C=O) groups excluding carboxylic acids is 1. The molecular formula is C25H37N5OS. The fourth-order valence-electron chi connectivity index (χ4n) is 5.89. The molecule has 2 aliphatic heterocycles. The maximum absolute atomic E-state index is 12.9. The second-order valence-electron chi connectivity index (χ2n) is 9.74. The Labute approximate surface area is 196 Å². The van der Waals surface area contributed by atoms with Gasteiger partial charge >= 0.3 is 0 Å². The first-order valence-corrected chi connectivity index (χ1v) is 13.9. The van der Waals surface area contributed by atoms with Gasteiger partial charge in [0.2, 0.25) is 5.91 Å². The van der Waals surface area contributed by atoms with Gasteiger partial charge < -0.3 is 14.4 Å². The summed E-state index contributed by atoms with van der Waals surface area (Å²) in [5, 5.41) is 0. The molecule has 2 saturated heterocycles. The van der Waals surface area contributed by atoms with Gasteiger partial charge in [-0.15, -0.1) is 11.8 Å². The number of rotatable bonds is 6.